The molecular weight excluding hydrogens is 218 g/mol. The number of nitrogens with zero attached hydrogens (tertiary/aromatic N) is 2. The molecule has 0 aliphatic carbocycles. The van der Waals surface area contributed by atoms with Crippen LogP contribution in [0.3, 0.4) is 0 Å². The lowest BCUT2D eigenvalue weighted by Gasteiger charge is -2.12. The van der Waals surface area contributed by atoms with Crippen LogP contribution in [-0.2, 0) is 7.05 Å². The molecule has 84 valence electrons. The van der Waals surface area contributed by atoms with Crippen molar-refractivity contribution in [3.05, 3.63) is 35.2 Å². The molecule has 2 aromatic rings. The van der Waals surface area contributed by atoms with E-state index < -0.39 is 0 Å². The fraction of sp³-hybridized carbons (Fsp3) is 0.250. The molecular formula is C12H15N3S. The van der Waals surface area contributed by atoms with Gasteiger partial charge in [-0.1, -0.05) is 12.1 Å². The molecule has 0 spiro atoms. The third kappa shape index (κ3) is 1.88. The zero-order valence-electron chi connectivity index (χ0n) is 9.69. The number of aromatic nitrogens is 2. The first-order valence-corrected chi connectivity index (χ1v) is 5.52. The SMILES string of the molecule is CN(C)c1ccc(-c2c[nH]c(=S)n2C)cc1. The third-order valence-electron chi connectivity index (χ3n) is 2.68. The number of hydrogen-bond donors (Lipinski definition) is 1. The normalized spacial score (nSPS) is 10.4. The quantitative estimate of drug-likeness (QED) is 0.806. The topological polar surface area (TPSA) is 24.0 Å². The molecule has 0 radical (unpaired) electrons. The number of benzene rings is 1. The molecule has 2 rings (SSSR count). The van der Waals surface area contributed by atoms with Gasteiger partial charge in [-0.3, -0.25) is 0 Å². The van der Waals surface area contributed by atoms with E-state index in [2.05, 4.69) is 34.1 Å². The molecule has 0 atom stereocenters. The molecule has 1 heterocycles. The Kier molecular flexibility index (Phi) is 2.83. The monoisotopic (exact) mass is 233 g/mol. The highest BCUT2D eigenvalue weighted by molar-refractivity contribution is 7.71. The van der Waals surface area contributed by atoms with Gasteiger partial charge < -0.3 is 14.5 Å². The van der Waals surface area contributed by atoms with Crippen molar-refractivity contribution in [3.63, 3.8) is 0 Å². The van der Waals surface area contributed by atoms with Crippen molar-refractivity contribution in [2.75, 3.05) is 19.0 Å². The Morgan fingerprint density at radius 3 is 2.25 bits per heavy atom. The predicted octanol–water partition coefficient (Wildman–Crippen LogP) is 2.82. The first kappa shape index (κ1) is 11.0. The number of nitrogens with one attached hydrogen (secondary N) is 1. The maximum absolute atomic E-state index is 5.14. The minimum absolute atomic E-state index is 0.742. The smallest absolute Gasteiger partial charge is 0.177 e. The highest BCUT2D eigenvalue weighted by Crippen LogP contribution is 2.21. The van der Waals surface area contributed by atoms with Crippen LogP contribution in [0.25, 0.3) is 11.3 Å². The standard InChI is InChI=1S/C12H15N3S/c1-14(2)10-6-4-9(5-7-10)11-8-13-12(16)15(11)3/h4-8H,1-3H3,(H,13,16). The Hall–Kier alpha value is -1.55. The Labute approximate surface area is 100 Å². The molecule has 0 amide bonds. The molecule has 3 nitrogen and oxygen atoms in total. The van der Waals surface area contributed by atoms with E-state index in [4.69, 9.17) is 12.2 Å². The molecule has 1 aromatic carbocycles. The van der Waals surface area contributed by atoms with E-state index in [-0.39, 0.29) is 0 Å². The van der Waals surface area contributed by atoms with Crippen molar-refractivity contribution in [2.45, 2.75) is 0 Å². The average Bonchev–Trinajstić information content (AvgIpc) is 2.60. The van der Waals surface area contributed by atoms with E-state index in [0.717, 1.165) is 10.5 Å². The Bertz CT molecular complexity index is 534. The Morgan fingerprint density at radius 1 is 1.19 bits per heavy atom. The molecule has 0 saturated carbocycles. The lowest BCUT2D eigenvalue weighted by molar-refractivity contribution is 0.902. The summed E-state index contributed by atoms with van der Waals surface area (Å²) in [6, 6.07) is 8.41. The highest BCUT2D eigenvalue weighted by atomic mass is 32.1. The summed E-state index contributed by atoms with van der Waals surface area (Å²) in [6.45, 7) is 0. The van der Waals surface area contributed by atoms with Gasteiger partial charge in [0, 0.05) is 33.0 Å². The number of anilines is 1. The van der Waals surface area contributed by atoms with E-state index in [0.29, 0.717) is 0 Å². The summed E-state index contributed by atoms with van der Waals surface area (Å²) in [5, 5.41) is 0. The Balaban J connectivity index is 2.42. The zero-order chi connectivity index (χ0) is 11.7. The largest absolute Gasteiger partial charge is 0.378 e. The molecule has 1 N–H and O–H groups in total. The van der Waals surface area contributed by atoms with Crippen LogP contribution in [0.1, 0.15) is 0 Å². The van der Waals surface area contributed by atoms with Gasteiger partial charge in [0.2, 0.25) is 0 Å². The number of hydrogen-bond acceptors (Lipinski definition) is 2. The molecule has 1 aromatic heterocycles. The lowest BCUT2D eigenvalue weighted by atomic mass is 10.1. The van der Waals surface area contributed by atoms with Gasteiger partial charge in [-0.05, 0) is 29.9 Å². The van der Waals surface area contributed by atoms with Crippen LogP contribution in [0.15, 0.2) is 30.5 Å². The van der Waals surface area contributed by atoms with Crippen molar-refractivity contribution >= 4 is 17.9 Å². The number of rotatable bonds is 2. The van der Waals surface area contributed by atoms with Gasteiger partial charge in [-0.2, -0.15) is 0 Å². The summed E-state index contributed by atoms with van der Waals surface area (Å²) in [5.41, 5.74) is 3.47. The molecule has 0 fully saturated rings. The van der Waals surface area contributed by atoms with Crippen molar-refractivity contribution in [3.8, 4) is 11.3 Å². The third-order valence-corrected chi connectivity index (χ3v) is 3.07. The van der Waals surface area contributed by atoms with Crippen LogP contribution in [0, 0.1) is 4.77 Å². The van der Waals surface area contributed by atoms with Crippen molar-refractivity contribution in [1.82, 2.24) is 9.55 Å². The van der Waals surface area contributed by atoms with Gasteiger partial charge in [0.15, 0.2) is 4.77 Å². The van der Waals surface area contributed by atoms with Crippen LogP contribution in [-0.4, -0.2) is 23.6 Å². The van der Waals surface area contributed by atoms with Crippen LogP contribution in [0.4, 0.5) is 5.69 Å². The number of imidazole rings is 1. The van der Waals surface area contributed by atoms with E-state index in [1.807, 2.05) is 31.9 Å². The molecule has 0 aliphatic rings. The van der Waals surface area contributed by atoms with Crippen LogP contribution >= 0.6 is 12.2 Å². The zero-order valence-corrected chi connectivity index (χ0v) is 10.5. The van der Waals surface area contributed by atoms with Gasteiger partial charge in [-0.15, -0.1) is 0 Å². The second kappa shape index (κ2) is 4.14. The van der Waals surface area contributed by atoms with E-state index in [1.54, 1.807) is 0 Å². The first-order chi connectivity index (χ1) is 7.59. The molecule has 0 unspecified atom stereocenters. The molecule has 4 heteroatoms. The van der Waals surface area contributed by atoms with Crippen molar-refractivity contribution < 1.29 is 0 Å². The summed E-state index contributed by atoms with van der Waals surface area (Å²) in [7, 11) is 6.04. The van der Waals surface area contributed by atoms with Crippen molar-refractivity contribution in [2.24, 2.45) is 7.05 Å². The summed E-state index contributed by atoms with van der Waals surface area (Å²) < 4.78 is 2.71. The summed E-state index contributed by atoms with van der Waals surface area (Å²) in [6.07, 6.45) is 1.94. The van der Waals surface area contributed by atoms with Crippen LogP contribution < -0.4 is 4.90 Å². The number of aromatic amines is 1. The minimum atomic E-state index is 0.742. The molecule has 0 aliphatic heterocycles. The van der Waals surface area contributed by atoms with Gasteiger partial charge in [0.1, 0.15) is 0 Å². The molecule has 0 bridgehead atoms. The van der Waals surface area contributed by atoms with Crippen LogP contribution in [0.2, 0.25) is 0 Å². The maximum atomic E-state index is 5.14. The highest BCUT2D eigenvalue weighted by Gasteiger charge is 2.03. The minimum Gasteiger partial charge on any atom is -0.378 e. The Morgan fingerprint density at radius 2 is 1.81 bits per heavy atom. The van der Waals surface area contributed by atoms with E-state index >= 15 is 0 Å². The fourth-order valence-corrected chi connectivity index (χ4v) is 1.80. The summed E-state index contributed by atoms with van der Waals surface area (Å²) >= 11 is 5.14. The second-order valence-electron chi connectivity index (χ2n) is 3.98. The van der Waals surface area contributed by atoms with E-state index in [9.17, 15) is 0 Å². The molecule has 16 heavy (non-hydrogen) atoms. The molecule has 0 saturated heterocycles. The van der Waals surface area contributed by atoms with Gasteiger partial charge >= 0.3 is 0 Å². The van der Waals surface area contributed by atoms with Crippen molar-refractivity contribution in [1.29, 1.82) is 0 Å². The van der Waals surface area contributed by atoms with Gasteiger partial charge in [-0.25, -0.2) is 0 Å². The number of H-pyrrole nitrogens is 1. The van der Waals surface area contributed by atoms with Crippen LogP contribution in [0.5, 0.6) is 0 Å². The fourth-order valence-electron chi connectivity index (χ4n) is 1.64. The second-order valence-corrected chi connectivity index (χ2v) is 4.37. The van der Waals surface area contributed by atoms with E-state index in [1.165, 1.54) is 11.3 Å². The first-order valence-electron chi connectivity index (χ1n) is 5.12. The predicted molar refractivity (Wildman–Crippen MR) is 70.4 cm³/mol. The summed E-state index contributed by atoms with van der Waals surface area (Å²) in [5.74, 6) is 0. The van der Waals surface area contributed by atoms with Gasteiger partial charge in [0.05, 0.1) is 5.69 Å². The summed E-state index contributed by atoms with van der Waals surface area (Å²) in [4.78, 5) is 5.12. The lowest BCUT2D eigenvalue weighted by Crippen LogP contribution is -2.08. The average molecular weight is 233 g/mol. The van der Waals surface area contributed by atoms with Gasteiger partial charge in [0.25, 0.3) is 0 Å². The maximum Gasteiger partial charge on any atom is 0.177 e.